The molecule has 1 unspecified atom stereocenters. The van der Waals surface area contributed by atoms with E-state index in [1.807, 2.05) is 14.0 Å². The van der Waals surface area contributed by atoms with Crippen LogP contribution in [0.4, 0.5) is 0 Å². The molecule has 1 heterocycles. The number of hydrogen-bond donors (Lipinski definition) is 2. The lowest BCUT2D eigenvalue weighted by Gasteiger charge is -2.38. The van der Waals surface area contributed by atoms with E-state index in [0.29, 0.717) is 0 Å². The molecule has 1 aromatic heterocycles. The molecular weight excluding hydrogens is 258 g/mol. The van der Waals surface area contributed by atoms with Gasteiger partial charge in [-0.2, -0.15) is 0 Å². The Hall–Kier alpha value is -0.490. The quantitative estimate of drug-likeness (QED) is 0.495. The zero-order valence-electron chi connectivity index (χ0n) is 11.9. The van der Waals surface area contributed by atoms with E-state index in [2.05, 4.69) is 15.8 Å². The maximum absolute atomic E-state index is 5.92. The van der Waals surface area contributed by atoms with Crippen molar-refractivity contribution >= 4 is 11.3 Å². The molecule has 4 nitrogen and oxygen atoms in total. The zero-order chi connectivity index (χ0) is 13.7. The summed E-state index contributed by atoms with van der Waals surface area (Å²) >= 11 is 1.69. The molecule has 1 aromatic rings. The van der Waals surface area contributed by atoms with Crippen molar-refractivity contribution < 1.29 is 4.74 Å². The number of aromatic nitrogens is 1. The van der Waals surface area contributed by atoms with Crippen LogP contribution >= 0.6 is 11.3 Å². The number of thiazole rings is 1. The first-order chi connectivity index (χ1) is 9.20. The molecule has 1 saturated carbocycles. The van der Waals surface area contributed by atoms with E-state index >= 15 is 0 Å². The van der Waals surface area contributed by atoms with Gasteiger partial charge in [-0.05, 0) is 19.8 Å². The van der Waals surface area contributed by atoms with E-state index in [-0.39, 0.29) is 11.6 Å². The van der Waals surface area contributed by atoms with Crippen molar-refractivity contribution in [2.75, 3.05) is 7.11 Å². The van der Waals surface area contributed by atoms with Crippen LogP contribution < -0.4 is 11.3 Å². The number of hydrogen-bond acceptors (Lipinski definition) is 5. The summed E-state index contributed by atoms with van der Waals surface area (Å²) in [6.07, 6.45) is 8.07. The van der Waals surface area contributed by atoms with Crippen LogP contribution in [0.1, 0.15) is 49.2 Å². The fraction of sp³-hybridized carbons (Fsp3) is 0.786. The molecule has 0 aromatic carbocycles. The third-order valence-electron chi connectivity index (χ3n) is 4.27. The van der Waals surface area contributed by atoms with Crippen LogP contribution in [-0.4, -0.2) is 23.7 Å². The highest BCUT2D eigenvalue weighted by atomic mass is 32.1. The minimum absolute atomic E-state index is 0.136. The molecule has 0 spiro atoms. The lowest BCUT2D eigenvalue weighted by molar-refractivity contribution is -0.0529. The highest BCUT2D eigenvalue weighted by Crippen LogP contribution is 2.34. The third kappa shape index (κ3) is 3.54. The SMILES string of the molecule is COC1(C(Cc2csc(C)n2)NN)CCCCCC1. The first-order valence-electron chi connectivity index (χ1n) is 7.12. The number of rotatable bonds is 5. The topological polar surface area (TPSA) is 60.2 Å². The molecule has 0 radical (unpaired) electrons. The molecule has 1 aliphatic rings. The van der Waals surface area contributed by atoms with Gasteiger partial charge in [-0.1, -0.05) is 25.7 Å². The molecule has 1 fully saturated rings. The molecule has 1 aliphatic carbocycles. The Morgan fingerprint density at radius 2 is 2.11 bits per heavy atom. The van der Waals surface area contributed by atoms with Gasteiger partial charge in [-0.3, -0.25) is 11.3 Å². The summed E-state index contributed by atoms with van der Waals surface area (Å²) in [7, 11) is 1.82. The molecule has 1 atom stereocenters. The summed E-state index contributed by atoms with van der Waals surface area (Å²) in [5, 5.41) is 3.23. The molecule has 0 bridgehead atoms. The molecule has 0 aliphatic heterocycles. The van der Waals surface area contributed by atoms with E-state index in [9.17, 15) is 0 Å². The van der Waals surface area contributed by atoms with Gasteiger partial charge in [-0.25, -0.2) is 4.98 Å². The second kappa shape index (κ2) is 6.79. The first-order valence-corrected chi connectivity index (χ1v) is 8.00. The smallest absolute Gasteiger partial charge is 0.0897 e. The van der Waals surface area contributed by atoms with Crippen molar-refractivity contribution in [2.24, 2.45) is 5.84 Å². The predicted octanol–water partition coefficient (Wildman–Crippen LogP) is 2.57. The summed E-state index contributed by atoms with van der Waals surface area (Å²) in [6.45, 7) is 2.04. The number of hydrazine groups is 1. The monoisotopic (exact) mass is 283 g/mol. The normalized spacial score (nSPS) is 21.0. The number of ether oxygens (including phenoxy) is 1. The second-order valence-corrected chi connectivity index (χ2v) is 6.53. The third-order valence-corrected chi connectivity index (χ3v) is 5.09. The minimum atomic E-state index is -0.136. The Kier molecular flexibility index (Phi) is 5.33. The van der Waals surface area contributed by atoms with Crippen molar-refractivity contribution in [3.8, 4) is 0 Å². The molecular formula is C14H25N3OS. The highest BCUT2D eigenvalue weighted by Gasteiger charge is 2.39. The largest absolute Gasteiger partial charge is 0.377 e. The Labute approximate surface area is 119 Å². The number of methoxy groups -OCH3 is 1. The Morgan fingerprint density at radius 3 is 2.58 bits per heavy atom. The first kappa shape index (κ1) is 14.9. The van der Waals surface area contributed by atoms with Gasteiger partial charge < -0.3 is 4.74 Å². The van der Waals surface area contributed by atoms with Gasteiger partial charge in [0.15, 0.2) is 0 Å². The van der Waals surface area contributed by atoms with E-state index < -0.39 is 0 Å². The van der Waals surface area contributed by atoms with Crippen LogP contribution in [-0.2, 0) is 11.2 Å². The van der Waals surface area contributed by atoms with Gasteiger partial charge in [0.2, 0.25) is 0 Å². The van der Waals surface area contributed by atoms with Gasteiger partial charge in [0.1, 0.15) is 0 Å². The van der Waals surface area contributed by atoms with E-state index in [1.54, 1.807) is 11.3 Å². The van der Waals surface area contributed by atoms with E-state index in [4.69, 9.17) is 10.6 Å². The van der Waals surface area contributed by atoms with Crippen molar-refractivity contribution in [3.63, 3.8) is 0 Å². The van der Waals surface area contributed by atoms with Gasteiger partial charge in [0.25, 0.3) is 0 Å². The molecule has 19 heavy (non-hydrogen) atoms. The van der Waals surface area contributed by atoms with Crippen molar-refractivity contribution in [3.05, 3.63) is 16.1 Å². The maximum Gasteiger partial charge on any atom is 0.0897 e. The van der Waals surface area contributed by atoms with Crippen molar-refractivity contribution in [1.29, 1.82) is 0 Å². The summed E-state index contributed by atoms with van der Waals surface area (Å²) < 4.78 is 5.92. The number of nitrogens with one attached hydrogen (secondary N) is 1. The van der Waals surface area contributed by atoms with Gasteiger partial charge in [0.05, 0.1) is 22.3 Å². The van der Waals surface area contributed by atoms with Gasteiger partial charge >= 0.3 is 0 Å². The molecule has 0 saturated heterocycles. The predicted molar refractivity (Wildman–Crippen MR) is 79.1 cm³/mol. The Bertz CT molecular complexity index is 386. The van der Waals surface area contributed by atoms with Crippen LogP contribution in [0.15, 0.2) is 5.38 Å². The molecule has 108 valence electrons. The number of aryl methyl sites for hydroxylation is 1. The van der Waals surface area contributed by atoms with Crippen LogP contribution in [0, 0.1) is 6.92 Å². The maximum atomic E-state index is 5.92. The summed E-state index contributed by atoms with van der Waals surface area (Å²) in [5.41, 5.74) is 3.97. The lowest BCUT2D eigenvalue weighted by Crippen LogP contribution is -2.55. The molecule has 5 heteroatoms. The van der Waals surface area contributed by atoms with Gasteiger partial charge in [0, 0.05) is 18.9 Å². The fourth-order valence-electron chi connectivity index (χ4n) is 3.13. The van der Waals surface area contributed by atoms with Crippen LogP contribution in [0.3, 0.4) is 0 Å². The van der Waals surface area contributed by atoms with Crippen LogP contribution in [0.5, 0.6) is 0 Å². The highest BCUT2D eigenvalue weighted by molar-refractivity contribution is 7.09. The average molecular weight is 283 g/mol. The van der Waals surface area contributed by atoms with E-state index in [0.717, 1.165) is 30.0 Å². The second-order valence-electron chi connectivity index (χ2n) is 5.46. The summed E-state index contributed by atoms with van der Waals surface area (Å²) in [5.74, 6) is 5.82. The fourth-order valence-corrected chi connectivity index (χ4v) is 3.76. The van der Waals surface area contributed by atoms with E-state index in [1.165, 1.54) is 25.7 Å². The zero-order valence-corrected chi connectivity index (χ0v) is 12.8. The Balaban J connectivity index is 2.12. The number of nitrogens with two attached hydrogens (primary N) is 1. The molecule has 0 amide bonds. The van der Waals surface area contributed by atoms with Crippen LogP contribution in [0.25, 0.3) is 0 Å². The molecule has 2 rings (SSSR count). The minimum Gasteiger partial charge on any atom is -0.377 e. The van der Waals surface area contributed by atoms with Crippen molar-refractivity contribution in [1.82, 2.24) is 10.4 Å². The van der Waals surface area contributed by atoms with Crippen molar-refractivity contribution in [2.45, 2.75) is 63.5 Å². The average Bonchev–Trinajstić information content (AvgIpc) is 2.69. The Morgan fingerprint density at radius 1 is 1.42 bits per heavy atom. The van der Waals surface area contributed by atoms with Gasteiger partial charge in [-0.15, -0.1) is 11.3 Å². The summed E-state index contributed by atoms with van der Waals surface area (Å²) in [6, 6.07) is 0.136. The van der Waals surface area contributed by atoms with Crippen LogP contribution in [0.2, 0.25) is 0 Å². The molecule has 3 N–H and O–H groups in total. The summed E-state index contributed by atoms with van der Waals surface area (Å²) in [4.78, 5) is 4.55. The lowest BCUT2D eigenvalue weighted by atomic mass is 9.84. The number of nitrogens with zero attached hydrogens (tertiary/aromatic N) is 1. The standard InChI is InChI=1S/C14H25N3OS/c1-11-16-12(10-19-11)9-13(17-15)14(18-2)7-5-3-4-6-8-14/h10,13,17H,3-9,15H2,1-2H3.